The van der Waals surface area contributed by atoms with Crippen molar-refractivity contribution in [3.63, 3.8) is 0 Å². The van der Waals surface area contributed by atoms with Gasteiger partial charge in [-0.25, -0.2) is 10.1 Å². The van der Waals surface area contributed by atoms with E-state index in [1.54, 1.807) is 7.11 Å². The average Bonchev–Trinajstić information content (AvgIpc) is 3.48. The average molecular weight is 425 g/mol. The molecule has 8 heteroatoms. The van der Waals surface area contributed by atoms with E-state index < -0.39 is 0 Å². The maximum atomic E-state index is 5.27. The summed E-state index contributed by atoms with van der Waals surface area (Å²) in [5.41, 5.74) is 6.08. The van der Waals surface area contributed by atoms with Gasteiger partial charge in [0, 0.05) is 24.6 Å². The van der Waals surface area contributed by atoms with Crippen LogP contribution in [0.1, 0.15) is 24.7 Å². The number of H-pyrrole nitrogens is 1. The van der Waals surface area contributed by atoms with Gasteiger partial charge in [0.1, 0.15) is 5.82 Å². The van der Waals surface area contributed by atoms with Gasteiger partial charge in [0.05, 0.1) is 12.6 Å². The van der Waals surface area contributed by atoms with Gasteiger partial charge in [0.25, 0.3) is 0 Å². The second-order valence-electron chi connectivity index (χ2n) is 7.55. The molecule has 0 aliphatic carbocycles. The van der Waals surface area contributed by atoms with Gasteiger partial charge in [-0.1, -0.05) is 55.5 Å². The molecule has 0 unspecified atom stereocenters. The predicted octanol–water partition coefficient (Wildman–Crippen LogP) is 4.29. The molecule has 0 aliphatic rings. The van der Waals surface area contributed by atoms with Crippen LogP contribution in [-0.4, -0.2) is 42.3 Å². The van der Waals surface area contributed by atoms with Gasteiger partial charge in [-0.05, 0) is 39.6 Å². The quantitative estimate of drug-likeness (QED) is 0.418. The number of aryl methyl sites for hydroxylation is 1. The number of ether oxygens (including phenoxy) is 1. The van der Waals surface area contributed by atoms with Crippen LogP contribution < -0.4 is 4.74 Å². The molecule has 8 nitrogen and oxygen atoms in total. The fourth-order valence-corrected chi connectivity index (χ4v) is 3.93. The van der Waals surface area contributed by atoms with Crippen LogP contribution in [0.5, 0.6) is 5.88 Å². The largest absolute Gasteiger partial charge is 0.481 e. The number of tetrazole rings is 1. The SMILES string of the molecule is CCCc1nc2nc(OC)ccc2n1Cc1ccc(-c2ccccc2-c2nnn[nH]2)cc1. The molecule has 0 spiro atoms. The van der Waals surface area contributed by atoms with Crippen LogP contribution in [0.25, 0.3) is 33.7 Å². The zero-order chi connectivity index (χ0) is 21.9. The Morgan fingerprint density at radius 3 is 2.47 bits per heavy atom. The van der Waals surface area contributed by atoms with E-state index in [-0.39, 0.29) is 0 Å². The van der Waals surface area contributed by atoms with Crippen LogP contribution in [0.15, 0.2) is 60.7 Å². The monoisotopic (exact) mass is 425 g/mol. The minimum Gasteiger partial charge on any atom is -0.481 e. The molecular formula is C24H23N7O. The lowest BCUT2D eigenvalue weighted by molar-refractivity contribution is 0.399. The lowest BCUT2D eigenvalue weighted by Gasteiger charge is -2.11. The van der Waals surface area contributed by atoms with Crippen LogP contribution in [-0.2, 0) is 13.0 Å². The minimum atomic E-state index is 0.579. The predicted molar refractivity (Wildman–Crippen MR) is 122 cm³/mol. The standard InChI is InChI=1S/C24H23N7O/c1-3-6-21-25-24-20(13-14-22(26-24)32-2)31(21)15-16-9-11-17(12-10-16)18-7-4-5-8-19(18)23-27-29-30-28-23/h4-5,7-14H,3,6,15H2,1-2H3,(H,27,28,29,30). The molecule has 5 aromatic rings. The summed E-state index contributed by atoms with van der Waals surface area (Å²) >= 11 is 0. The molecule has 0 saturated carbocycles. The third-order valence-corrected chi connectivity index (χ3v) is 5.48. The molecule has 32 heavy (non-hydrogen) atoms. The number of hydrogen-bond donors (Lipinski definition) is 1. The van der Waals surface area contributed by atoms with Crippen LogP contribution in [0.2, 0.25) is 0 Å². The number of hydrogen-bond acceptors (Lipinski definition) is 6. The number of nitrogens with one attached hydrogen (secondary N) is 1. The van der Waals surface area contributed by atoms with E-state index in [1.165, 1.54) is 5.56 Å². The number of methoxy groups -OCH3 is 1. The first-order valence-electron chi connectivity index (χ1n) is 10.6. The normalized spacial score (nSPS) is 11.2. The molecule has 0 amide bonds. The van der Waals surface area contributed by atoms with Crippen molar-refractivity contribution in [2.24, 2.45) is 0 Å². The molecule has 5 rings (SSSR count). The maximum absolute atomic E-state index is 5.27. The Bertz CT molecular complexity index is 1340. The number of fused-ring (bicyclic) bond motifs is 1. The Kier molecular flexibility index (Phi) is 5.33. The first-order valence-corrected chi connectivity index (χ1v) is 10.6. The molecule has 0 bridgehead atoms. The fourth-order valence-electron chi connectivity index (χ4n) is 3.93. The highest BCUT2D eigenvalue weighted by Gasteiger charge is 2.14. The molecule has 2 aromatic carbocycles. The summed E-state index contributed by atoms with van der Waals surface area (Å²) in [7, 11) is 1.62. The number of pyridine rings is 1. The van der Waals surface area contributed by atoms with Gasteiger partial charge in [-0.2, -0.15) is 4.98 Å². The Morgan fingerprint density at radius 1 is 0.938 bits per heavy atom. The van der Waals surface area contributed by atoms with E-state index >= 15 is 0 Å². The van der Waals surface area contributed by atoms with E-state index in [2.05, 4.69) is 67.4 Å². The Balaban J connectivity index is 1.48. The highest BCUT2D eigenvalue weighted by Crippen LogP contribution is 2.30. The van der Waals surface area contributed by atoms with Crippen molar-refractivity contribution in [2.75, 3.05) is 7.11 Å². The molecule has 0 saturated heterocycles. The number of imidazole rings is 1. The van der Waals surface area contributed by atoms with Crippen LogP contribution in [0, 0.1) is 0 Å². The van der Waals surface area contributed by atoms with Gasteiger partial charge in [-0.3, -0.25) is 0 Å². The van der Waals surface area contributed by atoms with Crippen molar-refractivity contribution < 1.29 is 4.74 Å². The lowest BCUT2D eigenvalue weighted by Crippen LogP contribution is -2.05. The highest BCUT2D eigenvalue weighted by atomic mass is 16.5. The molecule has 0 atom stereocenters. The van der Waals surface area contributed by atoms with Gasteiger partial charge in [0.2, 0.25) is 5.88 Å². The third-order valence-electron chi connectivity index (χ3n) is 5.48. The molecule has 0 radical (unpaired) electrons. The molecule has 3 aromatic heterocycles. The molecular weight excluding hydrogens is 402 g/mol. The van der Waals surface area contributed by atoms with Crippen LogP contribution >= 0.6 is 0 Å². The van der Waals surface area contributed by atoms with Crippen LogP contribution in [0.4, 0.5) is 0 Å². The Morgan fingerprint density at radius 2 is 1.75 bits per heavy atom. The molecule has 1 N–H and O–H groups in total. The van der Waals surface area contributed by atoms with E-state index in [9.17, 15) is 0 Å². The van der Waals surface area contributed by atoms with Crippen LogP contribution in [0.3, 0.4) is 0 Å². The summed E-state index contributed by atoms with van der Waals surface area (Å²) in [5.74, 6) is 2.27. The second kappa shape index (κ2) is 8.58. The smallest absolute Gasteiger partial charge is 0.215 e. The fraction of sp³-hybridized carbons (Fsp3) is 0.208. The van der Waals surface area contributed by atoms with E-state index in [0.717, 1.165) is 53.1 Å². The number of aromatic nitrogens is 7. The summed E-state index contributed by atoms with van der Waals surface area (Å²) < 4.78 is 7.51. The first kappa shape index (κ1) is 19.9. The highest BCUT2D eigenvalue weighted by molar-refractivity contribution is 5.80. The molecule has 3 heterocycles. The van der Waals surface area contributed by atoms with E-state index in [0.29, 0.717) is 11.7 Å². The first-order chi connectivity index (χ1) is 15.8. The molecule has 160 valence electrons. The summed E-state index contributed by atoms with van der Waals surface area (Å²) in [6.07, 6.45) is 1.92. The van der Waals surface area contributed by atoms with Crippen molar-refractivity contribution in [3.8, 4) is 28.4 Å². The molecule has 0 fully saturated rings. The summed E-state index contributed by atoms with van der Waals surface area (Å²) in [6.45, 7) is 2.89. The van der Waals surface area contributed by atoms with Crippen molar-refractivity contribution in [1.29, 1.82) is 0 Å². The Hall–Kier alpha value is -4.07. The minimum absolute atomic E-state index is 0.579. The van der Waals surface area contributed by atoms with E-state index in [4.69, 9.17) is 9.72 Å². The third kappa shape index (κ3) is 3.71. The summed E-state index contributed by atoms with van der Waals surface area (Å²) in [5, 5.41) is 14.3. The van der Waals surface area contributed by atoms with Crippen molar-refractivity contribution in [3.05, 3.63) is 72.1 Å². The number of nitrogens with zero attached hydrogens (tertiary/aromatic N) is 6. The number of aromatic amines is 1. The van der Waals surface area contributed by atoms with E-state index in [1.807, 2.05) is 30.3 Å². The number of rotatable bonds is 7. The van der Waals surface area contributed by atoms with Gasteiger partial charge in [0.15, 0.2) is 11.5 Å². The van der Waals surface area contributed by atoms with Crippen molar-refractivity contribution in [2.45, 2.75) is 26.3 Å². The maximum Gasteiger partial charge on any atom is 0.215 e. The summed E-state index contributed by atoms with van der Waals surface area (Å²) in [4.78, 5) is 9.28. The van der Waals surface area contributed by atoms with Crippen molar-refractivity contribution in [1.82, 2.24) is 35.2 Å². The zero-order valence-electron chi connectivity index (χ0n) is 18.0. The molecule has 0 aliphatic heterocycles. The topological polar surface area (TPSA) is 94.4 Å². The zero-order valence-corrected chi connectivity index (χ0v) is 18.0. The van der Waals surface area contributed by atoms with Gasteiger partial charge >= 0.3 is 0 Å². The van der Waals surface area contributed by atoms with Gasteiger partial charge < -0.3 is 9.30 Å². The Labute approximate surface area is 185 Å². The summed E-state index contributed by atoms with van der Waals surface area (Å²) in [6, 6.07) is 20.6. The second-order valence-corrected chi connectivity index (χ2v) is 7.55. The lowest BCUT2D eigenvalue weighted by atomic mass is 9.98. The van der Waals surface area contributed by atoms with Crippen molar-refractivity contribution >= 4 is 11.2 Å². The van der Waals surface area contributed by atoms with Gasteiger partial charge in [-0.15, -0.1) is 5.10 Å². The number of benzene rings is 2.